The monoisotopic (exact) mass is 260 g/mol. The van der Waals surface area contributed by atoms with Crippen LogP contribution in [-0.4, -0.2) is 37.4 Å². The molecule has 2 amide bonds. The fraction of sp³-hybridized carbons (Fsp3) is 0.467. The van der Waals surface area contributed by atoms with Gasteiger partial charge in [-0.3, -0.25) is 9.59 Å². The van der Waals surface area contributed by atoms with Gasteiger partial charge in [-0.15, -0.1) is 0 Å². The van der Waals surface area contributed by atoms with E-state index in [-0.39, 0.29) is 17.7 Å². The van der Waals surface area contributed by atoms with Gasteiger partial charge in [0.15, 0.2) is 0 Å². The number of carbonyl (C=O) groups is 2. The van der Waals surface area contributed by atoms with Crippen LogP contribution in [0.2, 0.25) is 0 Å². The van der Waals surface area contributed by atoms with Gasteiger partial charge in [0.25, 0.3) is 5.91 Å². The molecule has 0 fully saturated rings. The molecule has 0 aliphatic carbocycles. The largest absolute Gasteiger partial charge is 0.345 e. The highest BCUT2D eigenvalue weighted by molar-refractivity contribution is 5.99. The van der Waals surface area contributed by atoms with E-state index >= 15 is 0 Å². The lowest BCUT2D eigenvalue weighted by Crippen LogP contribution is -2.32. The third-order valence-electron chi connectivity index (χ3n) is 3.39. The van der Waals surface area contributed by atoms with Crippen molar-refractivity contribution < 1.29 is 9.59 Å². The molecule has 0 N–H and O–H groups in total. The summed E-state index contributed by atoms with van der Waals surface area (Å²) in [5, 5.41) is 0. The number of rotatable bonds is 2. The van der Waals surface area contributed by atoms with Crippen LogP contribution in [0.3, 0.4) is 0 Å². The van der Waals surface area contributed by atoms with E-state index in [1.807, 2.05) is 30.9 Å². The van der Waals surface area contributed by atoms with Crippen LogP contribution in [0.15, 0.2) is 18.2 Å². The van der Waals surface area contributed by atoms with Crippen molar-refractivity contribution >= 4 is 17.5 Å². The summed E-state index contributed by atoms with van der Waals surface area (Å²) in [7, 11) is 3.48. The van der Waals surface area contributed by atoms with Gasteiger partial charge in [-0.2, -0.15) is 0 Å². The Hall–Kier alpha value is -1.84. The zero-order valence-corrected chi connectivity index (χ0v) is 11.9. The van der Waals surface area contributed by atoms with Crippen LogP contribution < -0.4 is 4.90 Å². The van der Waals surface area contributed by atoms with Gasteiger partial charge in [0.1, 0.15) is 0 Å². The highest BCUT2D eigenvalue weighted by Crippen LogP contribution is 2.30. The Morgan fingerprint density at radius 2 is 1.95 bits per heavy atom. The Kier molecular flexibility index (Phi) is 3.60. The summed E-state index contributed by atoms with van der Waals surface area (Å²) in [5.41, 5.74) is 2.72. The first kappa shape index (κ1) is 13.6. The van der Waals surface area contributed by atoms with Gasteiger partial charge < -0.3 is 9.80 Å². The van der Waals surface area contributed by atoms with E-state index < -0.39 is 0 Å². The zero-order chi connectivity index (χ0) is 14.2. The van der Waals surface area contributed by atoms with Crippen molar-refractivity contribution in [1.29, 1.82) is 0 Å². The maximum Gasteiger partial charge on any atom is 0.253 e. The van der Waals surface area contributed by atoms with Crippen LogP contribution in [0.25, 0.3) is 0 Å². The maximum atomic E-state index is 12.1. The van der Waals surface area contributed by atoms with E-state index in [0.29, 0.717) is 12.1 Å². The van der Waals surface area contributed by atoms with Crippen molar-refractivity contribution in [2.75, 3.05) is 25.5 Å². The van der Waals surface area contributed by atoms with Gasteiger partial charge in [0.2, 0.25) is 5.91 Å². The van der Waals surface area contributed by atoms with Crippen molar-refractivity contribution in [2.45, 2.75) is 20.3 Å². The minimum atomic E-state index is -0.00552. The quantitative estimate of drug-likeness (QED) is 0.815. The molecule has 0 saturated carbocycles. The number of hydrogen-bond donors (Lipinski definition) is 0. The standard InChI is InChI=1S/C15H20N2O2/c1-10(2)14(18)17-8-7-11-9-12(5-6-13(11)17)15(19)16(3)4/h5-6,9-10H,7-8H2,1-4H3. The summed E-state index contributed by atoms with van der Waals surface area (Å²) in [6.07, 6.45) is 0.822. The molecule has 0 radical (unpaired) electrons. The molecule has 0 aromatic heterocycles. The molecule has 0 unspecified atom stereocenters. The normalized spacial score (nSPS) is 13.6. The third kappa shape index (κ3) is 2.48. The summed E-state index contributed by atoms with van der Waals surface area (Å²) in [6, 6.07) is 5.59. The highest BCUT2D eigenvalue weighted by atomic mass is 16.2. The van der Waals surface area contributed by atoms with E-state index in [1.54, 1.807) is 25.1 Å². The van der Waals surface area contributed by atoms with Crippen molar-refractivity contribution in [3.05, 3.63) is 29.3 Å². The molecule has 1 heterocycles. The number of benzene rings is 1. The Bertz CT molecular complexity index is 521. The van der Waals surface area contributed by atoms with Gasteiger partial charge in [0, 0.05) is 37.8 Å². The Labute approximate surface area is 114 Å². The topological polar surface area (TPSA) is 40.6 Å². The second kappa shape index (κ2) is 5.03. The van der Waals surface area contributed by atoms with Gasteiger partial charge in [0.05, 0.1) is 0 Å². The first-order valence-electron chi connectivity index (χ1n) is 6.57. The van der Waals surface area contributed by atoms with E-state index in [2.05, 4.69) is 0 Å². The number of anilines is 1. The van der Waals surface area contributed by atoms with Gasteiger partial charge >= 0.3 is 0 Å². The van der Waals surface area contributed by atoms with E-state index in [1.165, 1.54) is 0 Å². The summed E-state index contributed by atoms with van der Waals surface area (Å²) in [5.74, 6) is 0.135. The second-order valence-electron chi connectivity index (χ2n) is 5.44. The highest BCUT2D eigenvalue weighted by Gasteiger charge is 2.26. The molecular formula is C15H20N2O2. The lowest BCUT2D eigenvalue weighted by Gasteiger charge is -2.20. The molecule has 0 saturated heterocycles. The first-order chi connectivity index (χ1) is 8.91. The molecule has 0 atom stereocenters. The molecule has 0 bridgehead atoms. The number of carbonyl (C=O) groups excluding carboxylic acids is 2. The molecule has 1 aliphatic rings. The van der Waals surface area contributed by atoms with Crippen LogP contribution in [0, 0.1) is 5.92 Å². The predicted molar refractivity (Wildman–Crippen MR) is 75.4 cm³/mol. The number of hydrogen-bond acceptors (Lipinski definition) is 2. The molecule has 1 aliphatic heterocycles. The lowest BCUT2D eigenvalue weighted by molar-refractivity contribution is -0.121. The van der Waals surface area contributed by atoms with E-state index in [4.69, 9.17) is 0 Å². The number of amides is 2. The molecule has 1 aromatic rings. The first-order valence-corrected chi connectivity index (χ1v) is 6.57. The molecule has 1 aromatic carbocycles. The van der Waals surface area contributed by atoms with Crippen molar-refractivity contribution in [1.82, 2.24) is 4.90 Å². The van der Waals surface area contributed by atoms with Gasteiger partial charge in [-0.25, -0.2) is 0 Å². The third-order valence-corrected chi connectivity index (χ3v) is 3.39. The van der Waals surface area contributed by atoms with Gasteiger partial charge in [-0.1, -0.05) is 13.8 Å². The molecule has 19 heavy (non-hydrogen) atoms. The smallest absolute Gasteiger partial charge is 0.253 e. The van der Waals surface area contributed by atoms with Crippen LogP contribution >= 0.6 is 0 Å². The van der Waals surface area contributed by atoms with Crippen LogP contribution in [-0.2, 0) is 11.2 Å². The summed E-state index contributed by atoms with van der Waals surface area (Å²) in [4.78, 5) is 27.4. The summed E-state index contributed by atoms with van der Waals surface area (Å²) in [6.45, 7) is 4.53. The van der Waals surface area contributed by atoms with E-state index in [9.17, 15) is 9.59 Å². The molecule has 0 spiro atoms. The fourth-order valence-corrected chi connectivity index (χ4v) is 2.33. The average Bonchev–Trinajstić information content (AvgIpc) is 2.79. The van der Waals surface area contributed by atoms with Crippen LogP contribution in [0.1, 0.15) is 29.8 Å². The number of nitrogens with zero attached hydrogens (tertiary/aromatic N) is 2. The minimum absolute atomic E-state index is 0.00330. The predicted octanol–water partition coefficient (Wildman–Crippen LogP) is 1.93. The minimum Gasteiger partial charge on any atom is -0.345 e. The Balaban J connectivity index is 2.30. The van der Waals surface area contributed by atoms with Crippen LogP contribution in [0.4, 0.5) is 5.69 Å². The lowest BCUT2D eigenvalue weighted by atomic mass is 10.1. The number of fused-ring (bicyclic) bond motifs is 1. The van der Waals surface area contributed by atoms with E-state index in [0.717, 1.165) is 17.7 Å². The second-order valence-corrected chi connectivity index (χ2v) is 5.44. The van der Waals surface area contributed by atoms with Crippen LogP contribution in [0.5, 0.6) is 0 Å². The van der Waals surface area contributed by atoms with Crippen molar-refractivity contribution in [3.63, 3.8) is 0 Å². The molecule has 102 valence electrons. The zero-order valence-electron chi connectivity index (χ0n) is 11.9. The molecule has 2 rings (SSSR count). The van der Waals surface area contributed by atoms with Crippen molar-refractivity contribution in [2.24, 2.45) is 5.92 Å². The summed E-state index contributed by atoms with van der Waals surface area (Å²) >= 11 is 0. The molecular weight excluding hydrogens is 240 g/mol. The molecule has 4 heteroatoms. The SMILES string of the molecule is CC(C)C(=O)N1CCc2cc(C(=O)N(C)C)ccc21. The maximum absolute atomic E-state index is 12.1. The average molecular weight is 260 g/mol. The Morgan fingerprint density at radius 3 is 2.53 bits per heavy atom. The fourth-order valence-electron chi connectivity index (χ4n) is 2.33. The van der Waals surface area contributed by atoms with Gasteiger partial charge in [-0.05, 0) is 30.2 Å². The Morgan fingerprint density at radius 1 is 1.26 bits per heavy atom. The summed E-state index contributed by atoms with van der Waals surface area (Å²) < 4.78 is 0. The molecule has 4 nitrogen and oxygen atoms in total. The van der Waals surface area contributed by atoms with Crippen molar-refractivity contribution in [3.8, 4) is 0 Å².